The van der Waals surface area contributed by atoms with E-state index in [1.165, 1.54) is 0 Å². The van der Waals surface area contributed by atoms with Crippen LogP contribution in [0.3, 0.4) is 0 Å². The van der Waals surface area contributed by atoms with Gasteiger partial charge in [-0.25, -0.2) is 0 Å². The van der Waals surface area contributed by atoms with Crippen LogP contribution in [0, 0.1) is 0 Å². The van der Waals surface area contributed by atoms with Crippen molar-refractivity contribution in [2.45, 2.75) is 265 Å². The number of aliphatic carboxylic acids is 1. The van der Waals surface area contributed by atoms with Gasteiger partial charge in [-0.15, -0.1) is 0 Å². The molecule has 14 N–H and O–H groups in total. The summed E-state index contributed by atoms with van der Waals surface area (Å²) in [6.45, 7) is 3.58. The second-order valence-electron chi connectivity index (χ2n) is 19.4. The van der Waals surface area contributed by atoms with Crippen LogP contribution in [0.2, 0.25) is 0 Å². The second-order valence-corrected chi connectivity index (χ2v) is 19.4. The van der Waals surface area contributed by atoms with Crippen molar-refractivity contribution >= 4 is 17.9 Å². The molecule has 0 radical (unpaired) electrons. The van der Waals surface area contributed by atoms with Crippen molar-refractivity contribution in [3.05, 3.63) is 0 Å². The molecule has 3 saturated heterocycles. The number of ether oxygens (including phenoxy) is 8. The van der Waals surface area contributed by atoms with E-state index in [4.69, 9.17) is 37.9 Å². The maximum absolute atomic E-state index is 14.0. The number of carboxylic acids is 1. The van der Waals surface area contributed by atoms with Gasteiger partial charge >= 0.3 is 17.9 Å². The summed E-state index contributed by atoms with van der Waals surface area (Å²) in [7, 11) is 0. The van der Waals surface area contributed by atoms with Crippen molar-refractivity contribution in [1.82, 2.24) is 0 Å². The average Bonchev–Trinajstić information content (AvgIpc) is 3.34. The molecule has 0 amide bonds. The van der Waals surface area contributed by atoms with E-state index in [0.29, 0.717) is 38.5 Å². The molecule has 25 heteroatoms. The number of carbonyl (C=O) groups is 3. The third-order valence-corrected chi connectivity index (χ3v) is 13.3. The molecular weight excluding hydrogens is 977 g/mol. The van der Waals surface area contributed by atoms with Gasteiger partial charge in [0, 0.05) is 19.3 Å². The number of hydrogen-bond donors (Lipinski definition) is 14. The normalized spacial score (nSPS) is 33.3. The fourth-order valence-corrected chi connectivity index (χ4v) is 9.05. The van der Waals surface area contributed by atoms with E-state index >= 15 is 0 Å². The molecule has 3 aliphatic heterocycles. The molecule has 0 aromatic rings. The Morgan fingerprint density at radius 2 is 0.753 bits per heavy atom. The SMILES string of the molecule is CCCCCC(CC(CC(=O)O)OC1OC(CO)C(O)C(O)C1O)OC(=O)CC(CC(CCCCC)OC(=O)CC(O)CC(CCCCC)OC1OC(CO)C(O)C(O)C1O)OC1OC(CO)C(O)C(O)C1O. The lowest BCUT2D eigenvalue weighted by atomic mass is 9.98. The lowest BCUT2D eigenvalue weighted by molar-refractivity contribution is -0.313. The van der Waals surface area contributed by atoms with Crippen LogP contribution < -0.4 is 0 Å². The molecule has 25 nitrogen and oxygen atoms in total. The van der Waals surface area contributed by atoms with Crippen LogP contribution in [0.1, 0.15) is 136 Å². The summed E-state index contributed by atoms with van der Waals surface area (Å²) in [5, 5.41) is 145. The lowest BCUT2D eigenvalue weighted by Crippen LogP contribution is -2.59. The van der Waals surface area contributed by atoms with Crippen LogP contribution in [0.4, 0.5) is 0 Å². The van der Waals surface area contributed by atoms with Crippen LogP contribution in [0.15, 0.2) is 0 Å². The Hall–Kier alpha value is -2.35. The third kappa shape index (κ3) is 21.2. The van der Waals surface area contributed by atoms with E-state index in [1.54, 1.807) is 0 Å². The Kier molecular flexibility index (Phi) is 30.0. The number of carboxylic acid groups (broad SMARTS) is 1. The summed E-state index contributed by atoms with van der Waals surface area (Å²) < 4.78 is 46.3. The highest BCUT2D eigenvalue weighted by molar-refractivity contribution is 5.71. The van der Waals surface area contributed by atoms with Crippen LogP contribution in [0.25, 0.3) is 0 Å². The van der Waals surface area contributed by atoms with E-state index < -0.39 is 186 Å². The molecule has 0 saturated carbocycles. The zero-order chi connectivity index (χ0) is 54.4. The molecule has 3 heterocycles. The van der Waals surface area contributed by atoms with Gasteiger partial charge in [-0.2, -0.15) is 0 Å². The third-order valence-electron chi connectivity index (χ3n) is 13.3. The van der Waals surface area contributed by atoms with Crippen molar-refractivity contribution in [2.24, 2.45) is 0 Å². The van der Waals surface area contributed by atoms with Gasteiger partial charge in [0.15, 0.2) is 18.9 Å². The molecule has 0 aliphatic carbocycles. The Morgan fingerprint density at radius 3 is 1.10 bits per heavy atom. The molecule has 3 fully saturated rings. The van der Waals surface area contributed by atoms with Crippen molar-refractivity contribution in [3.63, 3.8) is 0 Å². The quantitative estimate of drug-likeness (QED) is 0.0239. The molecular formula is C48H86O25. The highest BCUT2D eigenvalue weighted by Crippen LogP contribution is 2.30. The summed E-state index contributed by atoms with van der Waals surface area (Å²) >= 11 is 0. The highest BCUT2D eigenvalue weighted by atomic mass is 16.7. The number of esters is 2. The minimum Gasteiger partial charge on any atom is -0.481 e. The van der Waals surface area contributed by atoms with Gasteiger partial charge in [0.1, 0.15) is 85.5 Å². The lowest BCUT2D eigenvalue weighted by Gasteiger charge is -2.41. The molecule has 0 spiro atoms. The van der Waals surface area contributed by atoms with Gasteiger partial charge in [-0.1, -0.05) is 65.7 Å². The summed E-state index contributed by atoms with van der Waals surface area (Å²) in [5.74, 6) is -3.14. The smallest absolute Gasteiger partial charge is 0.308 e. The van der Waals surface area contributed by atoms with Gasteiger partial charge in [0.25, 0.3) is 0 Å². The number of aliphatic hydroxyl groups excluding tert-OH is 13. The molecule has 21 atom stereocenters. The van der Waals surface area contributed by atoms with Crippen LogP contribution in [-0.4, -0.2) is 238 Å². The minimum atomic E-state index is -1.90. The van der Waals surface area contributed by atoms with Crippen LogP contribution in [-0.2, 0) is 52.3 Å². The predicted molar refractivity (Wildman–Crippen MR) is 249 cm³/mol. The van der Waals surface area contributed by atoms with Crippen LogP contribution >= 0.6 is 0 Å². The van der Waals surface area contributed by atoms with Crippen molar-refractivity contribution in [1.29, 1.82) is 0 Å². The zero-order valence-electron chi connectivity index (χ0n) is 42.2. The maximum atomic E-state index is 14.0. The van der Waals surface area contributed by atoms with E-state index in [0.717, 1.165) is 25.7 Å². The first-order valence-corrected chi connectivity index (χ1v) is 25.9. The molecule has 0 aromatic heterocycles. The summed E-state index contributed by atoms with van der Waals surface area (Å²) in [6.07, 6.45) is -27.5. The number of carbonyl (C=O) groups excluding carboxylic acids is 2. The van der Waals surface area contributed by atoms with Crippen molar-refractivity contribution in [3.8, 4) is 0 Å². The Bertz CT molecular complexity index is 1540. The molecule has 3 aliphatic rings. The monoisotopic (exact) mass is 1060 g/mol. The van der Waals surface area contributed by atoms with Gasteiger partial charge in [-0.3, -0.25) is 14.4 Å². The predicted octanol–water partition coefficient (Wildman–Crippen LogP) is -2.11. The van der Waals surface area contributed by atoms with E-state index in [1.807, 2.05) is 20.8 Å². The standard InChI is InChI=1S/C48H86O25/c1-4-7-10-13-26(68-46-43(63)40(60)37(57)31(22-49)71-46)16-25(52)17-35(55)66-28(15-12-9-6-3)19-30(70-48-45(65)42(62)39(59)33(24-51)73-48)21-36(56)67-27(14-11-8-5-2)18-29(20-34(53)54)69-47-44(64)41(61)38(58)32(23-50)72-47/h25-33,37-52,57-65H,4-24H2,1-3H3,(H,53,54). The fraction of sp³-hybridized carbons (Fsp3) is 0.938. The largest absolute Gasteiger partial charge is 0.481 e. The zero-order valence-corrected chi connectivity index (χ0v) is 42.2. The van der Waals surface area contributed by atoms with Gasteiger partial charge in [-0.05, 0) is 32.1 Å². The van der Waals surface area contributed by atoms with Crippen molar-refractivity contribution in [2.75, 3.05) is 19.8 Å². The number of rotatable bonds is 35. The summed E-state index contributed by atoms with van der Waals surface area (Å²) in [6, 6.07) is 0. The van der Waals surface area contributed by atoms with Crippen molar-refractivity contribution < 1.29 is 124 Å². The molecule has 428 valence electrons. The van der Waals surface area contributed by atoms with Gasteiger partial charge in [0.2, 0.25) is 0 Å². The first-order chi connectivity index (χ1) is 34.7. The van der Waals surface area contributed by atoms with Gasteiger partial charge < -0.3 is 109 Å². The summed E-state index contributed by atoms with van der Waals surface area (Å²) in [4.78, 5) is 39.7. The van der Waals surface area contributed by atoms with Crippen LogP contribution in [0.5, 0.6) is 0 Å². The van der Waals surface area contributed by atoms with E-state index in [2.05, 4.69) is 0 Å². The molecule has 21 unspecified atom stereocenters. The Balaban J connectivity index is 1.87. The Morgan fingerprint density at radius 1 is 0.425 bits per heavy atom. The molecule has 0 bridgehead atoms. The minimum absolute atomic E-state index is 0.163. The van der Waals surface area contributed by atoms with Gasteiger partial charge in [0.05, 0.1) is 63.5 Å². The second kappa shape index (κ2) is 33.7. The summed E-state index contributed by atoms with van der Waals surface area (Å²) in [5.41, 5.74) is 0. The fourth-order valence-electron chi connectivity index (χ4n) is 9.05. The Labute approximate surface area is 425 Å². The van der Waals surface area contributed by atoms with E-state index in [9.17, 15) is 85.9 Å². The van der Waals surface area contributed by atoms with E-state index in [-0.39, 0.29) is 32.1 Å². The molecule has 3 rings (SSSR count). The number of aliphatic hydroxyl groups is 13. The number of unbranched alkanes of at least 4 members (excludes halogenated alkanes) is 6. The molecule has 73 heavy (non-hydrogen) atoms. The maximum Gasteiger partial charge on any atom is 0.308 e. The topological polar surface area (TPSA) is 408 Å². The highest BCUT2D eigenvalue weighted by Gasteiger charge is 2.48. The number of hydrogen-bond acceptors (Lipinski definition) is 24. The first-order valence-electron chi connectivity index (χ1n) is 25.9. The average molecular weight is 1060 g/mol. The first kappa shape index (κ1) is 64.9. The molecule has 0 aromatic carbocycles.